The van der Waals surface area contributed by atoms with Gasteiger partial charge in [0, 0.05) is 10.0 Å². The van der Waals surface area contributed by atoms with E-state index in [-0.39, 0.29) is 11.9 Å². The van der Waals surface area contributed by atoms with Crippen LogP contribution in [0.1, 0.15) is 24.9 Å². The number of halogens is 3. The van der Waals surface area contributed by atoms with Gasteiger partial charge in [0.15, 0.2) is 0 Å². The van der Waals surface area contributed by atoms with Crippen molar-refractivity contribution in [3.05, 3.63) is 63.9 Å². The predicted molar refractivity (Wildman–Crippen MR) is 79.5 cm³/mol. The molecule has 1 unspecified atom stereocenters. The maximum atomic E-state index is 13.7. The lowest BCUT2D eigenvalue weighted by molar-refractivity contribution is 0.624. The van der Waals surface area contributed by atoms with Gasteiger partial charge in [-0.05, 0) is 42.3 Å². The fourth-order valence-electron chi connectivity index (χ4n) is 1.94. The van der Waals surface area contributed by atoms with Crippen molar-refractivity contribution >= 4 is 28.9 Å². The summed E-state index contributed by atoms with van der Waals surface area (Å²) in [5.41, 5.74) is 1.42. The van der Waals surface area contributed by atoms with Crippen LogP contribution in [0.5, 0.6) is 0 Å². The molecule has 0 amide bonds. The van der Waals surface area contributed by atoms with Crippen molar-refractivity contribution < 1.29 is 4.39 Å². The Kier molecular flexibility index (Phi) is 4.67. The summed E-state index contributed by atoms with van der Waals surface area (Å²) in [6.07, 6.45) is 0.812. The first-order valence-corrected chi connectivity index (χ1v) is 6.82. The first kappa shape index (κ1) is 14.2. The summed E-state index contributed by atoms with van der Waals surface area (Å²) >= 11 is 11.9. The van der Waals surface area contributed by atoms with E-state index in [1.54, 1.807) is 6.07 Å². The molecule has 0 bridgehead atoms. The third kappa shape index (κ3) is 3.62. The molecule has 2 rings (SSSR count). The zero-order valence-electron chi connectivity index (χ0n) is 10.5. The molecule has 2 aromatic carbocycles. The van der Waals surface area contributed by atoms with Crippen LogP contribution >= 0.6 is 23.2 Å². The van der Waals surface area contributed by atoms with Gasteiger partial charge in [0.2, 0.25) is 0 Å². The molecule has 1 N–H and O–H groups in total. The molecule has 0 aliphatic rings. The van der Waals surface area contributed by atoms with Crippen molar-refractivity contribution in [2.24, 2.45) is 0 Å². The second-order valence-corrected chi connectivity index (χ2v) is 5.16. The Labute approximate surface area is 122 Å². The molecule has 1 nitrogen and oxygen atoms in total. The second-order valence-electron chi connectivity index (χ2n) is 4.28. The Morgan fingerprint density at radius 1 is 1.11 bits per heavy atom. The van der Waals surface area contributed by atoms with Gasteiger partial charge in [-0.2, -0.15) is 0 Å². The minimum Gasteiger partial charge on any atom is -0.376 e. The highest BCUT2D eigenvalue weighted by molar-refractivity contribution is 6.31. The molecule has 0 heterocycles. The summed E-state index contributed by atoms with van der Waals surface area (Å²) in [5, 5.41) is 4.34. The van der Waals surface area contributed by atoms with Crippen molar-refractivity contribution in [1.82, 2.24) is 0 Å². The molecule has 19 heavy (non-hydrogen) atoms. The third-order valence-corrected chi connectivity index (χ3v) is 3.39. The van der Waals surface area contributed by atoms with Crippen LogP contribution in [0.15, 0.2) is 42.5 Å². The van der Waals surface area contributed by atoms with E-state index in [1.165, 1.54) is 12.1 Å². The SMILES string of the molecule is CCC(Nc1cc(Cl)ccc1F)c1cccc(Cl)c1. The third-order valence-electron chi connectivity index (χ3n) is 2.92. The maximum absolute atomic E-state index is 13.7. The molecule has 1 atom stereocenters. The first-order valence-electron chi connectivity index (χ1n) is 6.07. The van der Waals surface area contributed by atoms with E-state index < -0.39 is 0 Å². The molecule has 0 aliphatic carbocycles. The van der Waals surface area contributed by atoms with Crippen LogP contribution < -0.4 is 5.32 Å². The van der Waals surface area contributed by atoms with E-state index in [1.807, 2.05) is 31.2 Å². The van der Waals surface area contributed by atoms with Crippen molar-refractivity contribution in [2.75, 3.05) is 5.32 Å². The van der Waals surface area contributed by atoms with Crippen LogP contribution in [0.4, 0.5) is 10.1 Å². The van der Waals surface area contributed by atoms with E-state index in [9.17, 15) is 4.39 Å². The normalized spacial score (nSPS) is 12.2. The predicted octanol–water partition coefficient (Wildman–Crippen LogP) is 5.70. The maximum Gasteiger partial charge on any atom is 0.146 e. The van der Waals surface area contributed by atoms with Gasteiger partial charge in [-0.25, -0.2) is 4.39 Å². The zero-order valence-corrected chi connectivity index (χ0v) is 12.0. The van der Waals surface area contributed by atoms with E-state index in [4.69, 9.17) is 23.2 Å². The Balaban J connectivity index is 2.26. The topological polar surface area (TPSA) is 12.0 Å². The van der Waals surface area contributed by atoms with Crippen molar-refractivity contribution in [1.29, 1.82) is 0 Å². The number of hydrogen-bond acceptors (Lipinski definition) is 1. The second kappa shape index (κ2) is 6.27. The number of benzene rings is 2. The molecule has 0 aliphatic heterocycles. The lowest BCUT2D eigenvalue weighted by Crippen LogP contribution is -2.10. The van der Waals surface area contributed by atoms with Crippen molar-refractivity contribution in [3.8, 4) is 0 Å². The van der Waals surface area contributed by atoms with Gasteiger partial charge >= 0.3 is 0 Å². The highest BCUT2D eigenvalue weighted by Crippen LogP contribution is 2.27. The number of rotatable bonds is 4. The molecule has 0 saturated carbocycles. The average molecular weight is 298 g/mol. The quantitative estimate of drug-likeness (QED) is 0.764. The molecular weight excluding hydrogens is 284 g/mol. The molecule has 0 saturated heterocycles. The summed E-state index contributed by atoms with van der Waals surface area (Å²) in [7, 11) is 0. The largest absolute Gasteiger partial charge is 0.376 e. The molecule has 100 valence electrons. The van der Waals surface area contributed by atoms with E-state index in [0.29, 0.717) is 15.7 Å². The van der Waals surface area contributed by atoms with Crippen molar-refractivity contribution in [3.63, 3.8) is 0 Å². The van der Waals surface area contributed by atoms with Gasteiger partial charge in [0.1, 0.15) is 5.82 Å². The lowest BCUT2D eigenvalue weighted by Gasteiger charge is -2.19. The average Bonchev–Trinajstić information content (AvgIpc) is 2.39. The summed E-state index contributed by atoms with van der Waals surface area (Å²) < 4.78 is 13.7. The first-order chi connectivity index (χ1) is 9.10. The number of anilines is 1. The van der Waals surface area contributed by atoms with Gasteiger partial charge in [-0.15, -0.1) is 0 Å². The van der Waals surface area contributed by atoms with Crippen LogP contribution in [0, 0.1) is 5.82 Å². The van der Waals surface area contributed by atoms with E-state index in [2.05, 4.69) is 5.32 Å². The molecule has 0 spiro atoms. The standard InChI is InChI=1S/C15H14Cl2FN/c1-2-14(10-4-3-5-11(16)8-10)19-15-9-12(17)6-7-13(15)18/h3-9,14,19H,2H2,1H3. The Bertz CT molecular complexity index is 572. The zero-order chi connectivity index (χ0) is 13.8. The minimum atomic E-state index is -0.315. The van der Waals surface area contributed by atoms with Gasteiger partial charge < -0.3 is 5.32 Å². The molecular formula is C15H14Cl2FN. The highest BCUT2D eigenvalue weighted by Gasteiger charge is 2.12. The Morgan fingerprint density at radius 3 is 2.53 bits per heavy atom. The van der Waals surface area contributed by atoms with Crippen LogP contribution in [-0.2, 0) is 0 Å². The molecule has 2 aromatic rings. The fourth-order valence-corrected chi connectivity index (χ4v) is 2.31. The molecule has 4 heteroatoms. The van der Waals surface area contributed by atoms with Crippen LogP contribution in [0.3, 0.4) is 0 Å². The van der Waals surface area contributed by atoms with Crippen LogP contribution in [0.2, 0.25) is 10.0 Å². The van der Waals surface area contributed by atoms with Gasteiger partial charge in [0.05, 0.1) is 11.7 Å². The van der Waals surface area contributed by atoms with Gasteiger partial charge in [-0.3, -0.25) is 0 Å². The molecule has 0 aromatic heterocycles. The van der Waals surface area contributed by atoms with Crippen LogP contribution in [0.25, 0.3) is 0 Å². The Morgan fingerprint density at radius 2 is 1.84 bits per heavy atom. The lowest BCUT2D eigenvalue weighted by atomic mass is 10.0. The number of nitrogens with one attached hydrogen (secondary N) is 1. The number of hydrogen-bond donors (Lipinski definition) is 1. The fraction of sp³-hybridized carbons (Fsp3) is 0.200. The highest BCUT2D eigenvalue weighted by atomic mass is 35.5. The van der Waals surface area contributed by atoms with Crippen LogP contribution in [-0.4, -0.2) is 0 Å². The summed E-state index contributed by atoms with van der Waals surface area (Å²) in [6.45, 7) is 2.03. The smallest absolute Gasteiger partial charge is 0.146 e. The summed E-state index contributed by atoms with van der Waals surface area (Å²) in [4.78, 5) is 0. The Hall–Kier alpha value is -1.25. The molecule has 0 radical (unpaired) electrons. The monoisotopic (exact) mass is 297 g/mol. The summed E-state index contributed by atoms with van der Waals surface area (Å²) in [6, 6.07) is 12.0. The minimum absolute atomic E-state index is 0.00772. The van der Waals surface area contributed by atoms with Crippen molar-refractivity contribution in [2.45, 2.75) is 19.4 Å². The van der Waals surface area contributed by atoms with E-state index >= 15 is 0 Å². The summed E-state index contributed by atoms with van der Waals surface area (Å²) in [5.74, 6) is -0.315. The van der Waals surface area contributed by atoms with Gasteiger partial charge in [0.25, 0.3) is 0 Å². The molecule has 0 fully saturated rings. The van der Waals surface area contributed by atoms with E-state index in [0.717, 1.165) is 12.0 Å². The van der Waals surface area contributed by atoms with Gasteiger partial charge in [-0.1, -0.05) is 42.3 Å².